The van der Waals surface area contributed by atoms with Gasteiger partial charge in [0.05, 0.1) is 29.2 Å². The molecule has 2 aromatic carbocycles. The highest BCUT2D eigenvalue weighted by molar-refractivity contribution is 6.03. The van der Waals surface area contributed by atoms with Gasteiger partial charge in [-0.1, -0.05) is 36.4 Å². The van der Waals surface area contributed by atoms with Crippen LogP contribution in [0.5, 0.6) is 0 Å². The van der Waals surface area contributed by atoms with Crippen LogP contribution in [0.15, 0.2) is 84.5 Å². The molecule has 0 saturated carbocycles. The van der Waals surface area contributed by atoms with Gasteiger partial charge in [-0.25, -0.2) is 5.01 Å². The molecule has 1 atom stereocenters. The Morgan fingerprint density at radius 2 is 1.65 bits per heavy atom. The van der Waals surface area contributed by atoms with Gasteiger partial charge in [0.25, 0.3) is 0 Å². The molecular weight excluding hydrogens is 430 g/mol. The van der Waals surface area contributed by atoms with E-state index in [1.165, 1.54) is 5.01 Å². The molecule has 0 radical (unpaired) electrons. The minimum Gasteiger partial charge on any atom is -0.481 e. The molecule has 8 heteroatoms. The molecule has 4 aromatic rings. The van der Waals surface area contributed by atoms with Crippen LogP contribution in [0.1, 0.15) is 36.4 Å². The van der Waals surface area contributed by atoms with E-state index in [1.54, 1.807) is 18.6 Å². The predicted molar refractivity (Wildman–Crippen MR) is 127 cm³/mol. The lowest BCUT2D eigenvalue weighted by Gasteiger charge is -2.22. The molecule has 1 unspecified atom stereocenters. The van der Waals surface area contributed by atoms with Gasteiger partial charge in [0.15, 0.2) is 0 Å². The number of carboxylic acid groups (broad SMARTS) is 1. The summed E-state index contributed by atoms with van der Waals surface area (Å²) in [6, 6.07) is 17.2. The monoisotopic (exact) mass is 451 g/mol. The number of carboxylic acids is 1. The van der Waals surface area contributed by atoms with Gasteiger partial charge in [0.2, 0.25) is 5.91 Å². The summed E-state index contributed by atoms with van der Waals surface area (Å²) in [6.07, 6.45) is 6.96. The van der Waals surface area contributed by atoms with Crippen LogP contribution in [0, 0.1) is 0 Å². The lowest BCUT2D eigenvalue weighted by Crippen LogP contribution is -2.27. The molecule has 1 aliphatic rings. The molecule has 0 spiro atoms. The number of benzene rings is 2. The first-order valence-electron chi connectivity index (χ1n) is 10.9. The summed E-state index contributed by atoms with van der Waals surface area (Å²) in [5, 5.41) is 15.1. The molecule has 0 bridgehead atoms. The summed E-state index contributed by atoms with van der Waals surface area (Å²) < 4.78 is 0. The number of fused-ring (bicyclic) bond motifs is 1. The molecule has 1 amide bonds. The quantitative estimate of drug-likeness (QED) is 0.470. The summed E-state index contributed by atoms with van der Waals surface area (Å²) in [5.41, 5.74) is 6.10. The van der Waals surface area contributed by atoms with E-state index in [1.807, 2.05) is 60.8 Å². The van der Waals surface area contributed by atoms with Gasteiger partial charge in [0, 0.05) is 37.6 Å². The molecule has 34 heavy (non-hydrogen) atoms. The first-order valence-corrected chi connectivity index (χ1v) is 10.9. The summed E-state index contributed by atoms with van der Waals surface area (Å²) >= 11 is 0. The number of amides is 1. The number of hydrazone groups is 1. The molecular formula is C26H21N5O3. The zero-order valence-corrected chi connectivity index (χ0v) is 18.2. The third-order valence-corrected chi connectivity index (χ3v) is 5.81. The summed E-state index contributed by atoms with van der Waals surface area (Å²) in [5.74, 6) is -1.34. The molecule has 8 nitrogen and oxygen atoms in total. The van der Waals surface area contributed by atoms with Gasteiger partial charge < -0.3 is 5.11 Å². The molecule has 5 rings (SSSR count). The van der Waals surface area contributed by atoms with E-state index in [0.29, 0.717) is 6.42 Å². The van der Waals surface area contributed by atoms with Crippen LogP contribution >= 0.6 is 0 Å². The lowest BCUT2D eigenvalue weighted by molar-refractivity contribution is -0.141. The molecule has 2 aromatic heterocycles. The molecule has 1 N–H and O–H groups in total. The maximum absolute atomic E-state index is 12.9. The fourth-order valence-electron chi connectivity index (χ4n) is 4.08. The van der Waals surface area contributed by atoms with Crippen LogP contribution in [-0.4, -0.2) is 42.7 Å². The van der Waals surface area contributed by atoms with E-state index in [-0.39, 0.29) is 24.8 Å². The highest BCUT2D eigenvalue weighted by Gasteiger charge is 2.33. The normalized spacial score (nSPS) is 15.4. The Hall–Kier alpha value is -4.46. The van der Waals surface area contributed by atoms with E-state index in [9.17, 15) is 9.59 Å². The van der Waals surface area contributed by atoms with Gasteiger partial charge >= 0.3 is 5.97 Å². The van der Waals surface area contributed by atoms with Crippen molar-refractivity contribution in [1.29, 1.82) is 0 Å². The van der Waals surface area contributed by atoms with Crippen LogP contribution in [0.3, 0.4) is 0 Å². The average Bonchev–Trinajstić information content (AvgIpc) is 3.33. The molecule has 3 heterocycles. The van der Waals surface area contributed by atoms with Gasteiger partial charge in [-0.3, -0.25) is 24.5 Å². The number of carbonyl (C=O) groups is 2. The number of aromatic nitrogens is 3. The Labute approximate surface area is 195 Å². The third-order valence-electron chi connectivity index (χ3n) is 5.81. The second kappa shape index (κ2) is 9.19. The van der Waals surface area contributed by atoms with E-state index in [2.05, 4.69) is 20.1 Å². The Bertz CT molecular complexity index is 1390. The lowest BCUT2D eigenvalue weighted by atomic mass is 9.96. The van der Waals surface area contributed by atoms with Crippen molar-refractivity contribution in [2.45, 2.75) is 25.3 Å². The Kier molecular flexibility index (Phi) is 5.78. The standard InChI is InChI=1S/C26H21N5O3/c32-25(9-10-26(33)34)31-24(19-7-8-21-23(14-19)29-13-12-28-21)15-22(30-31)18-5-3-17(4-6-18)20-2-1-11-27-16-20/h1-8,11-14,16,24H,9-10,15H2,(H,33,34). The largest absolute Gasteiger partial charge is 0.481 e. The highest BCUT2D eigenvalue weighted by atomic mass is 16.4. The molecule has 0 aliphatic carbocycles. The number of pyridine rings is 1. The van der Waals surface area contributed by atoms with Crippen molar-refractivity contribution in [3.05, 3.63) is 90.5 Å². The Balaban J connectivity index is 1.46. The van der Waals surface area contributed by atoms with Crippen molar-refractivity contribution >= 4 is 28.6 Å². The smallest absolute Gasteiger partial charge is 0.303 e. The molecule has 1 aliphatic heterocycles. The highest BCUT2D eigenvalue weighted by Crippen LogP contribution is 2.34. The van der Waals surface area contributed by atoms with Crippen LogP contribution < -0.4 is 0 Å². The first-order chi connectivity index (χ1) is 16.6. The minimum absolute atomic E-state index is 0.115. The van der Waals surface area contributed by atoms with Crippen LogP contribution in [0.25, 0.3) is 22.2 Å². The maximum Gasteiger partial charge on any atom is 0.303 e. The second-order valence-electron chi connectivity index (χ2n) is 8.02. The average molecular weight is 451 g/mol. The van der Waals surface area contributed by atoms with Crippen molar-refractivity contribution in [2.24, 2.45) is 5.10 Å². The number of hydrogen-bond acceptors (Lipinski definition) is 6. The third kappa shape index (κ3) is 4.38. The molecule has 0 saturated heterocycles. The molecule has 0 fully saturated rings. The topological polar surface area (TPSA) is 109 Å². The SMILES string of the molecule is O=C(O)CCC(=O)N1N=C(c2ccc(-c3cccnc3)cc2)CC1c1ccc2nccnc2c1. The summed E-state index contributed by atoms with van der Waals surface area (Å²) in [6.45, 7) is 0. The van der Waals surface area contributed by atoms with E-state index in [0.717, 1.165) is 39.0 Å². The van der Waals surface area contributed by atoms with Crippen molar-refractivity contribution in [2.75, 3.05) is 0 Å². The zero-order chi connectivity index (χ0) is 23.5. The first kappa shape index (κ1) is 21.4. The maximum atomic E-state index is 12.9. The number of aliphatic carboxylic acids is 1. The van der Waals surface area contributed by atoms with Crippen LogP contribution in [-0.2, 0) is 9.59 Å². The van der Waals surface area contributed by atoms with E-state index >= 15 is 0 Å². The zero-order valence-electron chi connectivity index (χ0n) is 18.2. The minimum atomic E-state index is -1.01. The van der Waals surface area contributed by atoms with Crippen LogP contribution in [0.4, 0.5) is 0 Å². The van der Waals surface area contributed by atoms with Crippen molar-refractivity contribution in [3.63, 3.8) is 0 Å². The van der Waals surface area contributed by atoms with Crippen LogP contribution in [0.2, 0.25) is 0 Å². The van der Waals surface area contributed by atoms with Gasteiger partial charge in [0.1, 0.15) is 0 Å². The van der Waals surface area contributed by atoms with Gasteiger partial charge in [-0.05, 0) is 40.5 Å². The Morgan fingerprint density at radius 1 is 0.882 bits per heavy atom. The predicted octanol–water partition coefficient (Wildman–Crippen LogP) is 4.23. The van der Waals surface area contributed by atoms with E-state index < -0.39 is 5.97 Å². The van der Waals surface area contributed by atoms with Gasteiger partial charge in [-0.2, -0.15) is 5.10 Å². The number of nitrogens with zero attached hydrogens (tertiary/aromatic N) is 5. The van der Waals surface area contributed by atoms with Gasteiger partial charge in [-0.15, -0.1) is 0 Å². The summed E-state index contributed by atoms with van der Waals surface area (Å²) in [7, 11) is 0. The van der Waals surface area contributed by atoms with E-state index in [4.69, 9.17) is 5.11 Å². The van der Waals surface area contributed by atoms with Crippen molar-refractivity contribution in [3.8, 4) is 11.1 Å². The summed E-state index contributed by atoms with van der Waals surface area (Å²) in [4.78, 5) is 36.8. The number of rotatable bonds is 6. The number of carbonyl (C=O) groups excluding carboxylic acids is 1. The fourth-order valence-corrected chi connectivity index (χ4v) is 4.08. The Morgan fingerprint density at radius 3 is 2.38 bits per heavy atom. The fraction of sp³-hybridized carbons (Fsp3) is 0.154. The number of hydrogen-bond donors (Lipinski definition) is 1. The second-order valence-corrected chi connectivity index (χ2v) is 8.02. The van der Waals surface area contributed by atoms with Crippen molar-refractivity contribution < 1.29 is 14.7 Å². The van der Waals surface area contributed by atoms with Crippen molar-refractivity contribution in [1.82, 2.24) is 20.0 Å². The molecule has 168 valence electrons.